The first-order valence-electron chi connectivity index (χ1n) is 12.8. The van der Waals surface area contributed by atoms with E-state index in [4.69, 9.17) is 9.97 Å². The van der Waals surface area contributed by atoms with Crippen LogP contribution in [0.3, 0.4) is 0 Å². The quantitative estimate of drug-likeness (QED) is 0.402. The van der Waals surface area contributed by atoms with Crippen molar-refractivity contribution in [3.05, 3.63) is 54.5 Å². The fraction of sp³-hybridized carbons (Fsp3) is 0.357. The molecule has 6 heterocycles. The van der Waals surface area contributed by atoms with E-state index in [1.165, 1.54) is 36.6 Å². The molecule has 2 saturated heterocycles. The van der Waals surface area contributed by atoms with E-state index in [-0.39, 0.29) is 0 Å². The second kappa shape index (κ2) is 7.46. The second-order valence-corrected chi connectivity index (χ2v) is 10.3. The number of anilines is 1. The van der Waals surface area contributed by atoms with Crippen molar-refractivity contribution in [3.8, 4) is 11.4 Å². The lowest BCUT2D eigenvalue weighted by atomic mass is 9.79. The largest absolute Gasteiger partial charge is 0.351 e. The molecule has 0 spiro atoms. The molecule has 3 fully saturated rings. The highest BCUT2D eigenvalue weighted by Crippen LogP contribution is 2.44. The van der Waals surface area contributed by atoms with Crippen LogP contribution in [0.25, 0.3) is 44.2 Å². The molecular weight excluding hydrogens is 434 g/mol. The predicted molar refractivity (Wildman–Crippen MR) is 139 cm³/mol. The van der Waals surface area contributed by atoms with Crippen LogP contribution >= 0.6 is 0 Å². The molecule has 1 saturated carbocycles. The van der Waals surface area contributed by atoms with E-state index < -0.39 is 0 Å². The highest BCUT2D eigenvalue weighted by Gasteiger charge is 2.39. The summed E-state index contributed by atoms with van der Waals surface area (Å²) in [6, 6.07) is 10.9. The molecule has 3 aliphatic rings. The van der Waals surface area contributed by atoms with Crippen LogP contribution in [0.4, 0.5) is 5.82 Å². The molecule has 35 heavy (non-hydrogen) atoms. The number of aromatic nitrogens is 5. The number of hydrogen-bond donors (Lipinski definition) is 2. The lowest BCUT2D eigenvalue weighted by molar-refractivity contribution is 0.421. The van der Waals surface area contributed by atoms with Crippen molar-refractivity contribution in [2.24, 2.45) is 5.92 Å². The Morgan fingerprint density at radius 2 is 1.89 bits per heavy atom. The Morgan fingerprint density at radius 1 is 0.943 bits per heavy atom. The Balaban J connectivity index is 1.41. The minimum absolute atomic E-state index is 0.494. The summed E-state index contributed by atoms with van der Waals surface area (Å²) in [5.41, 5.74) is 5.25. The Hall–Kier alpha value is -3.58. The topological polar surface area (TPSA) is 82.6 Å². The molecule has 4 aromatic heterocycles. The maximum atomic E-state index is 5.37. The van der Waals surface area contributed by atoms with E-state index in [9.17, 15) is 0 Å². The molecule has 174 valence electrons. The van der Waals surface area contributed by atoms with Gasteiger partial charge >= 0.3 is 0 Å². The number of H-pyrrole nitrogens is 1. The number of fused-ring (bicyclic) bond motifs is 5. The van der Waals surface area contributed by atoms with Crippen molar-refractivity contribution in [1.29, 1.82) is 0 Å². The van der Waals surface area contributed by atoms with Gasteiger partial charge in [-0.05, 0) is 48.8 Å². The Bertz CT molecular complexity index is 1600. The van der Waals surface area contributed by atoms with Crippen molar-refractivity contribution in [1.82, 2.24) is 30.2 Å². The molecule has 7 nitrogen and oxygen atoms in total. The number of hydrogen-bond acceptors (Lipinski definition) is 6. The van der Waals surface area contributed by atoms with Gasteiger partial charge in [0.2, 0.25) is 0 Å². The molecule has 7 heteroatoms. The first-order chi connectivity index (χ1) is 17.3. The predicted octanol–water partition coefficient (Wildman–Crippen LogP) is 4.79. The first-order valence-corrected chi connectivity index (χ1v) is 12.8. The fourth-order valence-corrected chi connectivity index (χ4v) is 6.51. The van der Waals surface area contributed by atoms with Gasteiger partial charge in [0.05, 0.1) is 11.7 Å². The Morgan fingerprint density at radius 3 is 2.80 bits per heavy atom. The van der Waals surface area contributed by atoms with Crippen LogP contribution < -0.4 is 10.2 Å². The summed E-state index contributed by atoms with van der Waals surface area (Å²) in [6.45, 7) is 3.18. The van der Waals surface area contributed by atoms with Crippen LogP contribution in [0.1, 0.15) is 37.2 Å². The van der Waals surface area contributed by atoms with Crippen LogP contribution in [0.5, 0.6) is 0 Å². The molecule has 2 atom stereocenters. The maximum Gasteiger partial charge on any atom is 0.163 e. The van der Waals surface area contributed by atoms with Crippen molar-refractivity contribution >= 4 is 38.7 Å². The summed E-state index contributed by atoms with van der Waals surface area (Å²) in [4.78, 5) is 25.8. The highest BCUT2D eigenvalue weighted by molar-refractivity contribution is 6.12. The number of rotatable bonds is 3. The monoisotopic (exact) mass is 461 g/mol. The Kier molecular flexibility index (Phi) is 4.20. The van der Waals surface area contributed by atoms with E-state index >= 15 is 0 Å². The zero-order valence-corrected chi connectivity index (χ0v) is 19.5. The molecule has 2 unspecified atom stereocenters. The fourth-order valence-electron chi connectivity index (χ4n) is 6.51. The van der Waals surface area contributed by atoms with Gasteiger partial charge in [-0.3, -0.25) is 4.98 Å². The van der Waals surface area contributed by atoms with E-state index in [0.29, 0.717) is 17.9 Å². The van der Waals surface area contributed by atoms with E-state index in [1.54, 1.807) is 0 Å². The second-order valence-electron chi connectivity index (χ2n) is 10.3. The van der Waals surface area contributed by atoms with Crippen LogP contribution in [0.15, 0.2) is 48.9 Å². The van der Waals surface area contributed by atoms with E-state index in [1.807, 2.05) is 12.4 Å². The number of nitrogens with one attached hydrogen (secondary N) is 2. The summed E-state index contributed by atoms with van der Waals surface area (Å²) in [7, 11) is 0. The lowest BCUT2D eigenvalue weighted by Crippen LogP contribution is -2.35. The molecule has 2 aliphatic heterocycles. The molecule has 0 bridgehead atoms. The summed E-state index contributed by atoms with van der Waals surface area (Å²) >= 11 is 0. The molecule has 1 aromatic carbocycles. The third-order valence-electron chi connectivity index (χ3n) is 8.52. The summed E-state index contributed by atoms with van der Waals surface area (Å²) in [6.07, 6.45) is 10.8. The zero-order valence-electron chi connectivity index (χ0n) is 19.5. The average Bonchev–Trinajstić information content (AvgIpc) is 3.56. The van der Waals surface area contributed by atoms with Crippen LogP contribution in [-0.4, -0.2) is 50.6 Å². The third kappa shape index (κ3) is 2.88. The van der Waals surface area contributed by atoms with Gasteiger partial charge in [-0.1, -0.05) is 24.6 Å². The summed E-state index contributed by atoms with van der Waals surface area (Å²) in [5, 5.41) is 7.06. The standard InChI is InChI=1S/C28H27N7/c1-2-7-21-18(6-1)24-19(8-10-31-27(24)32-21)26-33-22-14-30-13-20(16-4-3-5-16)25(22)28(34-26)35-11-9-17-12-29-15-23(17)35/h1-2,6-8,10,13-14,16-17,23,29H,3-5,9,11-12,15H2,(H,31,32). The van der Waals surface area contributed by atoms with Crippen LogP contribution in [-0.2, 0) is 0 Å². The minimum Gasteiger partial charge on any atom is -0.351 e. The van der Waals surface area contributed by atoms with Crippen molar-refractivity contribution in [2.45, 2.75) is 37.6 Å². The molecule has 8 rings (SSSR count). The molecule has 0 radical (unpaired) electrons. The SMILES string of the molecule is c1ccc2c(c1)[nH]c1nccc(-c3nc(N4CCC5CNCC54)c4c(C5CCC5)cncc4n3)c12. The number of nitrogens with zero attached hydrogens (tertiary/aromatic N) is 5. The van der Waals surface area contributed by atoms with Crippen molar-refractivity contribution < 1.29 is 0 Å². The lowest BCUT2D eigenvalue weighted by Gasteiger charge is -2.30. The third-order valence-corrected chi connectivity index (χ3v) is 8.52. The summed E-state index contributed by atoms with van der Waals surface area (Å²) < 4.78 is 0. The van der Waals surface area contributed by atoms with Gasteiger partial charge in [-0.2, -0.15) is 0 Å². The number of para-hydroxylation sites is 1. The van der Waals surface area contributed by atoms with Gasteiger partial charge in [0.15, 0.2) is 5.82 Å². The van der Waals surface area contributed by atoms with E-state index in [2.05, 4.69) is 61.7 Å². The van der Waals surface area contributed by atoms with Gasteiger partial charge in [-0.15, -0.1) is 0 Å². The van der Waals surface area contributed by atoms with E-state index in [0.717, 1.165) is 64.3 Å². The average molecular weight is 462 g/mol. The zero-order chi connectivity index (χ0) is 22.9. The van der Waals surface area contributed by atoms with Gasteiger partial charge in [-0.25, -0.2) is 15.0 Å². The highest BCUT2D eigenvalue weighted by atomic mass is 15.3. The number of pyridine rings is 2. The molecule has 2 N–H and O–H groups in total. The molecule has 0 amide bonds. The summed E-state index contributed by atoms with van der Waals surface area (Å²) in [5.74, 6) is 3.11. The first kappa shape index (κ1) is 19.7. The normalized spacial score (nSPS) is 22.3. The van der Waals surface area contributed by atoms with Gasteiger partial charge in [0.25, 0.3) is 0 Å². The van der Waals surface area contributed by atoms with Crippen LogP contribution in [0.2, 0.25) is 0 Å². The molecule has 1 aliphatic carbocycles. The molecule has 5 aromatic rings. The number of benzene rings is 1. The van der Waals surface area contributed by atoms with Gasteiger partial charge in [0, 0.05) is 65.3 Å². The Labute approximate surface area is 203 Å². The van der Waals surface area contributed by atoms with Crippen molar-refractivity contribution in [2.75, 3.05) is 24.5 Å². The van der Waals surface area contributed by atoms with Gasteiger partial charge in [0.1, 0.15) is 11.5 Å². The van der Waals surface area contributed by atoms with Crippen LogP contribution in [0, 0.1) is 5.92 Å². The minimum atomic E-state index is 0.494. The van der Waals surface area contributed by atoms with Gasteiger partial charge < -0.3 is 15.2 Å². The maximum absolute atomic E-state index is 5.37. The van der Waals surface area contributed by atoms with Crippen molar-refractivity contribution in [3.63, 3.8) is 0 Å². The number of aromatic amines is 1. The molecular formula is C28H27N7. The smallest absolute Gasteiger partial charge is 0.163 e.